The largest absolute Gasteiger partial charge is 0.493 e. The van der Waals surface area contributed by atoms with Gasteiger partial charge in [-0.25, -0.2) is 9.97 Å². The van der Waals surface area contributed by atoms with Gasteiger partial charge in [-0.05, 0) is 30.7 Å². The number of aliphatic hydroxyl groups is 1. The Morgan fingerprint density at radius 3 is 2.69 bits per heavy atom. The van der Waals surface area contributed by atoms with Crippen molar-refractivity contribution in [1.29, 1.82) is 0 Å². The molecule has 0 bridgehead atoms. The molecule has 0 aliphatic rings. The summed E-state index contributed by atoms with van der Waals surface area (Å²) in [4.78, 5) is 19.4. The van der Waals surface area contributed by atoms with Crippen LogP contribution in [0.25, 0.3) is 11.1 Å². The number of nitrogens with two attached hydrogens (primary N) is 1. The van der Waals surface area contributed by atoms with Crippen molar-refractivity contribution in [2.75, 3.05) is 13.7 Å². The van der Waals surface area contributed by atoms with E-state index >= 15 is 0 Å². The van der Waals surface area contributed by atoms with Crippen LogP contribution < -0.4 is 15.2 Å². The van der Waals surface area contributed by atoms with Gasteiger partial charge in [0.05, 0.1) is 32.2 Å². The van der Waals surface area contributed by atoms with Crippen LogP contribution in [0.4, 0.5) is 0 Å². The number of rotatable bonds is 9. The fourth-order valence-corrected chi connectivity index (χ4v) is 3.02. The van der Waals surface area contributed by atoms with Gasteiger partial charge in [0.15, 0.2) is 0 Å². The summed E-state index contributed by atoms with van der Waals surface area (Å²) in [5, 5.41) is 10.1. The summed E-state index contributed by atoms with van der Waals surface area (Å²) in [5.41, 5.74) is 7.34. The molecular weight excluding hydrogens is 372 g/mol. The van der Waals surface area contributed by atoms with Gasteiger partial charge in [0, 0.05) is 30.4 Å². The summed E-state index contributed by atoms with van der Waals surface area (Å²) in [6.07, 6.45) is 4.66. The summed E-state index contributed by atoms with van der Waals surface area (Å²) < 4.78 is 12.7. The number of amides is 1. The zero-order valence-corrected chi connectivity index (χ0v) is 16.4. The number of hydrogen-bond donors (Lipinski definition) is 2. The highest BCUT2D eigenvalue weighted by molar-refractivity contribution is 5.90. The fourth-order valence-electron chi connectivity index (χ4n) is 3.02. The average molecular weight is 396 g/mol. The lowest BCUT2D eigenvalue weighted by Crippen LogP contribution is -2.23. The molecule has 0 aliphatic carbocycles. The van der Waals surface area contributed by atoms with E-state index in [0.717, 1.165) is 11.1 Å². The topological polar surface area (TPSA) is 112 Å². The fraction of sp³-hybridized carbons (Fsp3) is 0.286. The molecule has 2 atom stereocenters. The second-order valence-corrected chi connectivity index (χ2v) is 6.63. The van der Waals surface area contributed by atoms with Crippen LogP contribution in [-0.2, 0) is 0 Å². The standard InChI is InChI=1S/C21H24N4O4/c1-14(26)19(25-12-18(21(22)27)24-13-25)8-9-29-17-5-3-4-15(10-17)16-6-7-20(28-2)23-11-16/h3-7,10-14,19,26H,8-9H2,1-2H3,(H2,22,27)/t14-,19+/m0/s1. The molecule has 1 amide bonds. The number of aromatic nitrogens is 3. The van der Waals surface area contributed by atoms with Crippen molar-refractivity contribution < 1.29 is 19.4 Å². The number of aliphatic hydroxyl groups excluding tert-OH is 1. The van der Waals surface area contributed by atoms with Crippen LogP contribution in [0.3, 0.4) is 0 Å². The molecule has 8 heteroatoms. The Kier molecular flexibility index (Phi) is 6.46. The average Bonchev–Trinajstić information content (AvgIpc) is 3.21. The van der Waals surface area contributed by atoms with E-state index in [9.17, 15) is 9.90 Å². The first-order chi connectivity index (χ1) is 14.0. The quantitative estimate of drug-likeness (QED) is 0.574. The smallest absolute Gasteiger partial charge is 0.268 e. The van der Waals surface area contributed by atoms with Crippen LogP contribution in [0.15, 0.2) is 55.1 Å². The van der Waals surface area contributed by atoms with Crippen LogP contribution in [0.1, 0.15) is 29.9 Å². The first-order valence-corrected chi connectivity index (χ1v) is 9.22. The molecule has 3 N–H and O–H groups in total. The number of carbonyl (C=O) groups is 1. The first-order valence-electron chi connectivity index (χ1n) is 9.22. The van der Waals surface area contributed by atoms with Crippen LogP contribution in [0, 0.1) is 0 Å². The Balaban J connectivity index is 1.64. The van der Waals surface area contributed by atoms with Crippen molar-refractivity contribution in [3.8, 4) is 22.8 Å². The summed E-state index contributed by atoms with van der Waals surface area (Å²) >= 11 is 0. The SMILES string of the molecule is COc1ccc(-c2cccc(OCC[C@H]([C@H](C)O)n3cnc(C(N)=O)c3)c2)cn1. The maximum absolute atomic E-state index is 11.2. The van der Waals surface area contributed by atoms with Crippen molar-refractivity contribution in [1.82, 2.24) is 14.5 Å². The minimum atomic E-state index is -0.648. The highest BCUT2D eigenvalue weighted by Gasteiger charge is 2.19. The lowest BCUT2D eigenvalue weighted by molar-refractivity contribution is 0.0993. The van der Waals surface area contributed by atoms with Crippen molar-refractivity contribution in [3.63, 3.8) is 0 Å². The van der Waals surface area contributed by atoms with E-state index in [1.807, 2.05) is 36.4 Å². The molecule has 3 rings (SSSR count). The minimum absolute atomic E-state index is 0.164. The lowest BCUT2D eigenvalue weighted by Gasteiger charge is -2.21. The summed E-state index contributed by atoms with van der Waals surface area (Å²) in [6.45, 7) is 2.07. The van der Waals surface area contributed by atoms with Crippen LogP contribution in [-0.4, -0.2) is 45.4 Å². The molecule has 29 heavy (non-hydrogen) atoms. The van der Waals surface area contributed by atoms with Gasteiger partial charge in [0.2, 0.25) is 5.88 Å². The maximum atomic E-state index is 11.2. The molecular formula is C21H24N4O4. The molecule has 0 spiro atoms. The predicted octanol–water partition coefficient (Wildman–Crippen LogP) is 2.44. The molecule has 0 aliphatic heterocycles. The molecule has 2 aromatic heterocycles. The number of nitrogens with zero attached hydrogens (tertiary/aromatic N) is 3. The number of ether oxygens (including phenoxy) is 2. The number of primary amides is 1. The third kappa shape index (κ3) is 5.11. The van der Waals surface area contributed by atoms with Gasteiger partial charge in [-0.3, -0.25) is 4.79 Å². The van der Waals surface area contributed by atoms with Crippen molar-refractivity contribution in [3.05, 3.63) is 60.8 Å². The number of imidazole rings is 1. The van der Waals surface area contributed by atoms with Gasteiger partial charge in [-0.2, -0.15) is 0 Å². The van der Waals surface area contributed by atoms with Gasteiger partial charge in [0.25, 0.3) is 5.91 Å². The van der Waals surface area contributed by atoms with Gasteiger partial charge in [-0.1, -0.05) is 12.1 Å². The van der Waals surface area contributed by atoms with E-state index in [0.29, 0.717) is 24.7 Å². The lowest BCUT2D eigenvalue weighted by atomic mass is 10.1. The van der Waals surface area contributed by atoms with E-state index in [1.54, 1.807) is 24.8 Å². The molecule has 0 fully saturated rings. The van der Waals surface area contributed by atoms with Gasteiger partial charge in [0.1, 0.15) is 11.4 Å². The molecule has 0 radical (unpaired) electrons. The van der Waals surface area contributed by atoms with Gasteiger partial charge < -0.3 is 24.9 Å². The second-order valence-electron chi connectivity index (χ2n) is 6.63. The molecule has 3 aromatic rings. The Bertz CT molecular complexity index is 953. The van der Waals surface area contributed by atoms with Gasteiger partial charge >= 0.3 is 0 Å². The summed E-state index contributed by atoms with van der Waals surface area (Å²) in [6, 6.07) is 11.2. The van der Waals surface area contributed by atoms with Crippen molar-refractivity contribution >= 4 is 5.91 Å². The number of methoxy groups -OCH3 is 1. The third-order valence-corrected chi connectivity index (χ3v) is 4.59. The number of pyridine rings is 1. The van der Waals surface area contributed by atoms with Gasteiger partial charge in [-0.15, -0.1) is 0 Å². The third-order valence-electron chi connectivity index (χ3n) is 4.59. The molecule has 8 nitrogen and oxygen atoms in total. The zero-order valence-electron chi connectivity index (χ0n) is 16.4. The number of benzene rings is 1. The van der Waals surface area contributed by atoms with Crippen LogP contribution >= 0.6 is 0 Å². The monoisotopic (exact) mass is 396 g/mol. The van der Waals surface area contributed by atoms with Crippen molar-refractivity contribution in [2.24, 2.45) is 5.73 Å². The van der Waals surface area contributed by atoms with E-state index in [1.165, 1.54) is 12.5 Å². The Labute approximate surface area is 168 Å². The van der Waals surface area contributed by atoms with Crippen LogP contribution in [0.5, 0.6) is 11.6 Å². The molecule has 1 aromatic carbocycles. The maximum Gasteiger partial charge on any atom is 0.268 e. The molecule has 152 valence electrons. The molecule has 2 heterocycles. The summed E-state index contributed by atoms with van der Waals surface area (Å²) in [5.74, 6) is 0.671. The van der Waals surface area contributed by atoms with Crippen molar-refractivity contribution in [2.45, 2.75) is 25.5 Å². The zero-order chi connectivity index (χ0) is 20.8. The molecule has 0 saturated heterocycles. The predicted molar refractivity (Wildman–Crippen MR) is 108 cm³/mol. The highest BCUT2D eigenvalue weighted by Crippen LogP contribution is 2.25. The Morgan fingerprint density at radius 2 is 2.07 bits per heavy atom. The van der Waals surface area contributed by atoms with E-state index in [4.69, 9.17) is 15.2 Å². The van der Waals surface area contributed by atoms with E-state index < -0.39 is 12.0 Å². The molecule has 0 saturated carbocycles. The van der Waals surface area contributed by atoms with E-state index in [2.05, 4.69) is 9.97 Å². The number of carbonyl (C=O) groups excluding carboxylic acids is 1. The normalized spacial score (nSPS) is 12.9. The van der Waals surface area contributed by atoms with E-state index in [-0.39, 0.29) is 11.7 Å². The Hall–Kier alpha value is -3.39. The second kappa shape index (κ2) is 9.20. The first kappa shape index (κ1) is 20.3. The highest BCUT2D eigenvalue weighted by atomic mass is 16.5. The number of hydrogen-bond acceptors (Lipinski definition) is 6. The molecule has 0 unspecified atom stereocenters. The summed E-state index contributed by atoms with van der Waals surface area (Å²) in [7, 11) is 1.58. The minimum Gasteiger partial charge on any atom is -0.493 e. The van der Waals surface area contributed by atoms with Crippen LogP contribution in [0.2, 0.25) is 0 Å². The Morgan fingerprint density at radius 1 is 1.24 bits per heavy atom.